The molecule has 0 saturated heterocycles. The maximum Gasteiger partial charge on any atom is 0.259 e. The molecule has 0 radical (unpaired) electrons. The van der Waals surface area contributed by atoms with E-state index in [1.165, 1.54) is 18.3 Å². The lowest BCUT2D eigenvalue weighted by Crippen LogP contribution is -2.16. The molecule has 104 valence electrons. The highest BCUT2D eigenvalue weighted by atomic mass is 79.9. The summed E-state index contributed by atoms with van der Waals surface area (Å²) in [5, 5.41) is 4.95. The molecular weight excluding hydrogens is 332 g/mol. The van der Waals surface area contributed by atoms with Gasteiger partial charge in [-0.3, -0.25) is 4.79 Å². The number of para-hydroxylation sites is 1. The number of halogens is 3. The highest BCUT2D eigenvalue weighted by molar-refractivity contribution is 9.10. The van der Waals surface area contributed by atoms with Gasteiger partial charge in [0.1, 0.15) is 23.1 Å². The lowest BCUT2D eigenvalue weighted by atomic mass is 10.2. The van der Waals surface area contributed by atoms with Crippen LogP contribution in [0.1, 0.15) is 10.4 Å². The van der Waals surface area contributed by atoms with E-state index in [-0.39, 0.29) is 5.56 Å². The molecule has 1 aromatic carbocycles. The molecule has 20 heavy (non-hydrogen) atoms. The van der Waals surface area contributed by atoms with Crippen LogP contribution in [0.25, 0.3) is 0 Å². The number of amides is 1. The van der Waals surface area contributed by atoms with Crippen LogP contribution in [0.2, 0.25) is 0 Å². The molecule has 2 rings (SSSR count). The minimum atomic E-state index is -0.840. The highest BCUT2D eigenvalue weighted by Gasteiger charge is 2.17. The highest BCUT2D eigenvalue weighted by Crippen LogP contribution is 2.22. The van der Waals surface area contributed by atoms with Crippen LogP contribution in [0, 0.1) is 11.6 Å². The molecule has 0 bridgehead atoms. The number of carbonyl (C=O) groups excluding carboxylic acids is 1. The predicted molar refractivity (Wildman–Crippen MR) is 75.8 cm³/mol. The van der Waals surface area contributed by atoms with Crippen molar-refractivity contribution in [1.82, 2.24) is 4.98 Å². The van der Waals surface area contributed by atoms with Crippen LogP contribution in [-0.2, 0) is 0 Å². The van der Waals surface area contributed by atoms with Crippen molar-refractivity contribution >= 4 is 33.3 Å². The molecule has 0 fully saturated rings. The number of nitrogens with zero attached hydrogens (tertiary/aromatic N) is 1. The Balaban J connectivity index is 2.35. The van der Waals surface area contributed by atoms with Gasteiger partial charge in [0, 0.05) is 17.7 Å². The van der Waals surface area contributed by atoms with E-state index in [0.29, 0.717) is 10.3 Å². The Hall–Kier alpha value is -2.02. The third-order valence-electron chi connectivity index (χ3n) is 2.54. The van der Waals surface area contributed by atoms with Crippen molar-refractivity contribution in [3.05, 3.63) is 52.1 Å². The Bertz CT molecular complexity index is 644. The largest absolute Gasteiger partial charge is 0.372 e. The fourth-order valence-electron chi connectivity index (χ4n) is 1.61. The van der Waals surface area contributed by atoms with Gasteiger partial charge in [-0.1, -0.05) is 6.07 Å². The molecule has 0 spiro atoms. The van der Waals surface area contributed by atoms with E-state index in [4.69, 9.17) is 0 Å². The molecule has 0 aliphatic heterocycles. The number of carbonyl (C=O) groups is 1. The molecule has 7 heteroatoms. The lowest BCUT2D eigenvalue weighted by Gasteiger charge is -2.10. The van der Waals surface area contributed by atoms with E-state index in [1.807, 2.05) is 0 Å². The first kappa shape index (κ1) is 14.4. The first-order valence-corrected chi connectivity index (χ1v) is 6.41. The number of aromatic nitrogens is 1. The molecule has 1 aromatic heterocycles. The van der Waals surface area contributed by atoms with Crippen LogP contribution in [0.15, 0.2) is 34.9 Å². The molecule has 4 nitrogen and oxygen atoms in total. The van der Waals surface area contributed by atoms with Crippen LogP contribution in [0.5, 0.6) is 0 Å². The van der Waals surface area contributed by atoms with Gasteiger partial charge in [0.25, 0.3) is 5.91 Å². The van der Waals surface area contributed by atoms with Crippen molar-refractivity contribution in [2.24, 2.45) is 0 Å². The van der Waals surface area contributed by atoms with E-state index in [2.05, 4.69) is 31.5 Å². The average Bonchev–Trinajstić information content (AvgIpc) is 2.43. The van der Waals surface area contributed by atoms with E-state index in [1.54, 1.807) is 7.05 Å². The van der Waals surface area contributed by atoms with Crippen LogP contribution >= 0.6 is 15.9 Å². The van der Waals surface area contributed by atoms with Gasteiger partial charge < -0.3 is 10.6 Å². The number of anilines is 2. The molecule has 2 aromatic rings. The summed E-state index contributed by atoms with van der Waals surface area (Å²) in [6.45, 7) is 0. The third-order valence-corrected chi connectivity index (χ3v) is 2.97. The van der Waals surface area contributed by atoms with Crippen molar-refractivity contribution in [1.29, 1.82) is 0 Å². The molecule has 0 unspecified atom stereocenters. The van der Waals surface area contributed by atoms with E-state index < -0.39 is 23.2 Å². The smallest absolute Gasteiger partial charge is 0.259 e. The summed E-state index contributed by atoms with van der Waals surface area (Å²) in [7, 11) is 1.59. The van der Waals surface area contributed by atoms with E-state index >= 15 is 0 Å². The van der Waals surface area contributed by atoms with Crippen LogP contribution in [-0.4, -0.2) is 17.9 Å². The van der Waals surface area contributed by atoms with Crippen LogP contribution in [0.3, 0.4) is 0 Å². The fourth-order valence-corrected chi connectivity index (χ4v) is 1.94. The molecule has 0 aliphatic carbocycles. The number of benzene rings is 1. The first-order valence-electron chi connectivity index (χ1n) is 5.61. The van der Waals surface area contributed by atoms with Crippen LogP contribution in [0.4, 0.5) is 20.3 Å². The van der Waals surface area contributed by atoms with Gasteiger partial charge in [-0.05, 0) is 34.1 Å². The Morgan fingerprint density at radius 3 is 2.55 bits per heavy atom. The second-order valence-corrected chi connectivity index (χ2v) is 4.77. The van der Waals surface area contributed by atoms with E-state index in [0.717, 1.165) is 12.1 Å². The third kappa shape index (κ3) is 2.93. The molecule has 0 aliphatic rings. The van der Waals surface area contributed by atoms with Gasteiger partial charge in [-0.25, -0.2) is 13.8 Å². The number of rotatable bonds is 3. The van der Waals surface area contributed by atoms with Crippen molar-refractivity contribution < 1.29 is 13.6 Å². The number of hydrogen-bond donors (Lipinski definition) is 2. The minimum Gasteiger partial charge on any atom is -0.372 e. The zero-order valence-corrected chi connectivity index (χ0v) is 12.0. The lowest BCUT2D eigenvalue weighted by molar-refractivity contribution is 0.102. The maximum absolute atomic E-state index is 13.5. The summed E-state index contributed by atoms with van der Waals surface area (Å²) in [6, 6.07) is 4.86. The molecule has 0 saturated carbocycles. The maximum atomic E-state index is 13.5. The number of pyridine rings is 1. The van der Waals surface area contributed by atoms with Crippen molar-refractivity contribution in [3.63, 3.8) is 0 Å². The monoisotopic (exact) mass is 341 g/mol. The fraction of sp³-hybridized carbons (Fsp3) is 0.0769. The van der Waals surface area contributed by atoms with Gasteiger partial charge >= 0.3 is 0 Å². The van der Waals surface area contributed by atoms with Crippen molar-refractivity contribution in [2.45, 2.75) is 0 Å². The predicted octanol–water partition coefficient (Wildman–Crippen LogP) is 3.42. The second-order valence-electron chi connectivity index (χ2n) is 3.85. The number of nitrogens with one attached hydrogen (secondary N) is 2. The zero-order chi connectivity index (χ0) is 14.7. The summed E-state index contributed by atoms with van der Waals surface area (Å²) >= 11 is 3.19. The van der Waals surface area contributed by atoms with Gasteiger partial charge in [-0.15, -0.1) is 0 Å². The van der Waals surface area contributed by atoms with Gasteiger partial charge in [0.05, 0.1) is 5.56 Å². The molecule has 2 N–H and O–H groups in total. The zero-order valence-electron chi connectivity index (χ0n) is 10.4. The van der Waals surface area contributed by atoms with Crippen molar-refractivity contribution in [3.8, 4) is 0 Å². The Morgan fingerprint density at radius 1 is 1.30 bits per heavy atom. The standard InChI is InChI=1S/C13H10BrF2N3O/c1-17-12-8(5-7(14)6-18-12)13(20)19-11-9(15)3-2-4-10(11)16/h2-6H,1H3,(H,17,18)(H,19,20). The molecule has 0 atom stereocenters. The Kier molecular flexibility index (Phi) is 4.29. The molecular formula is C13H10BrF2N3O. The van der Waals surface area contributed by atoms with Gasteiger partial charge in [0.15, 0.2) is 0 Å². The first-order chi connectivity index (χ1) is 9.52. The summed E-state index contributed by atoms with van der Waals surface area (Å²) in [5.41, 5.74) is -0.316. The number of hydrogen-bond acceptors (Lipinski definition) is 3. The summed E-state index contributed by atoms with van der Waals surface area (Å²) in [6.07, 6.45) is 1.51. The quantitative estimate of drug-likeness (QED) is 0.899. The second kappa shape index (κ2) is 5.96. The van der Waals surface area contributed by atoms with Crippen molar-refractivity contribution in [2.75, 3.05) is 17.7 Å². The topological polar surface area (TPSA) is 54.0 Å². The normalized spacial score (nSPS) is 10.2. The Labute approximate surface area is 122 Å². The van der Waals surface area contributed by atoms with Gasteiger partial charge in [-0.2, -0.15) is 0 Å². The summed E-state index contributed by atoms with van der Waals surface area (Å²) in [5.74, 6) is -2.03. The summed E-state index contributed by atoms with van der Waals surface area (Å²) in [4.78, 5) is 16.1. The SMILES string of the molecule is CNc1ncc(Br)cc1C(=O)Nc1c(F)cccc1F. The van der Waals surface area contributed by atoms with Gasteiger partial charge in [0.2, 0.25) is 0 Å². The Morgan fingerprint density at radius 2 is 1.95 bits per heavy atom. The molecule has 1 amide bonds. The minimum absolute atomic E-state index is 0.171. The van der Waals surface area contributed by atoms with Crippen LogP contribution < -0.4 is 10.6 Å². The van der Waals surface area contributed by atoms with E-state index in [9.17, 15) is 13.6 Å². The average molecular weight is 342 g/mol. The molecule has 1 heterocycles. The summed E-state index contributed by atoms with van der Waals surface area (Å²) < 4.78 is 27.6.